The van der Waals surface area contributed by atoms with Gasteiger partial charge in [-0.15, -0.1) is 11.1 Å². The molecule has 0 saturated carbocycles. The molecule has 0 radical (unpaired) electrons. The third kappa shape index (κ3) is 2.21. The summed E-state index contributed by atoms with van der Waals surface area (Å²) in [5.41, 5.74) is 1.17. The average molecular weight is 159 g/mol. The second-order valence-electron chi connectivity index (χ2n) is 2.55. The van der Waals surface area contributed by atoms with Crippen molar-refractivity contribution in [2.45, 2.75) is 12.8 Å². The molecule has 0 unspecified atom stereocenters. The SMILES string of the molecule is C=CCCc1ccc[n+](C#N)c1. The molecule has 0 fully saturated rings. The van der Waals surface area contributed by atoms with Crippen LogP contribution in [0.1, 0.15) is 12.0 Å². The summed E-state index contributed by atoms with van der Waals surface area (Å²) in [6, 6.07) is 3.89. The molecule has 1 rings (SSSR count). The first-order valence-corrected chi connectivity index (χ1v) is 3.88. The molecular weight excluding hydrogens is 148 g/mol. The smallest absolute Gasteiger partial charge is 0.149 e. The van der Waals surface area contributed by atoms with E-state index in [0.29, 0.717) is 0 Å². The number of pyridine rings is 1. The zero-order valence-corrected chi connectivity index (χ0v) is 6.90. The lowest BCUT2D eigenvalue weighted by molar-refractivity contribution is -0.586. The van der Waals surface area contributed by atoms with Crippen molar-refractivity contribution in [3.05, 3.63) is 42.7 Å². The Bertz CT molecular complexity index is 310. The van der Waals surface area contributed by atoms with Crippen LogP contribution in [0, 0.1) is 11.5 Å². The largest absolute Gasteiger partial charge is 0.463 e. The Morgan fingerprint density at radius 2 is 2.50 bits per heavy atom. The lowest BCUT2D eigenvalue weighted by Gasteiger charge is -1.94. The van der Waals surface area contributed by atoms with Crippen LogP contribution in [0.5, 0.6) is 0 Å². The molecule has 0 aliphatic heterocycles. The summed E-state index contributed by atoms with van der Waals surface area (Å²) in [6.07, 6.45) is 9.39. The molecule has 0 aromatic carbocycles. The Kier molecular flexibility index (Phi) is 3.04. The van der Waals surface area contributed by atoms with Gasteiger partial charge in [-0.2, -0.15) is 0 Å². The van der Waals surface area contributed by atoms with Crippen molar-refractivity contribution in [3.63, 3.8) is 0 Å². The Labute approximate surface area is 72.4 Å². The first-order chi connectivity index (χ1) is 5.86. The molecule has 2 nitrogen and oxygen atoms in total. The summed E-state index contributed by atoms with van der Waals surface area (Å²) in [6.45, 7) is 3.65. The van der Waals surface area contributed by atoms with Gasteiger partial charge < -0.3 is 0 Å². The zero-order valence-electron chi connectivity index (χ0n) is 6.90. The van der Waals surface area contributed by atoms with E-state index in [4.69, 9.17) is 5.26 Å². The van der Waals surface area contributed by atoms with Crippen LogP contribution in [0.25, 0.3) is 0 Å². The van der Waals surface area contributed by atoms with Crippen molar-refractivity contribution in [3.8, 4) is 6.19 Å². The quantitative estimate of drug-likeness (QED) is 0.484. The number of hydrogen-bond acceptors (Lipinski definition) is 1. The van der Waals surface area contributed by atoms with Gasteiger partial charge in [0.2, 0.25) is 0 Å². The summed E-state index contributed by atoms with van der Waals surface area (Å²) < 4.78 is 1.50. The first-order valence-electron chi connectivity index (χ1n) is 3.88. The number of allylic oxidation sites excluding steroid dienone is 1. The topological polar surface area (TPSA) is 27.7 Å². The second-order valence-corrected chi connectivity index (χ2v) is 2.55. The van der Waals surface area contributed by atoms with Gasteiger partial charge in [0.15, 0.2) is 5.26 Å². The van der Waals surface area contributed by atoms with Crippen LogP contribution in [0.3, 0.4) is 0 Å². The minimum Gasteiger partial charge on any atom is -0.149 e. The summed E-state index contributed by atoms with van der Waals surface area (Å²) in [7, 11) is 0. The van der Waals surface area contributed by atoms with Crippen LogP contribution >= 0.6 is 0 Å². The van der Waals surface area contributed by atoms with Crippen molar-refractivity contribution in [2.24, 2.45) is 0 Å². The molecule has 1 aromatic heterocycles. The molecule has 1 heterocycles. The maximum absolute atomic E-state index is 8.58. The highest BCUT2D eigenvalue weighted by Crippen LogP contribution is 1.98. The maximum atomic E-state index is 8.58. The predicted octanol–water partition coefficient (Wildman–Crippen LogP) is 1.42. The van der Waals surface area contributed by atoms with E-state index in [0.717, 1.165) is 12.8 Å². The monoisotopic (exact) mass is 159 g/mol. The highest BCUT2D eigenvalue weighted by atomic mass is 14.9. The van der Waals surface area contributed by atoms with Gasteiger partial charge in [0.25, 0.3) is 0 Å². The van der Waals surface area contributed by atoms with E-state index in [-0.39, 0.29) is 0 Å². The van der Waals surface area contributed by atoms with Crippen LogP contribution in [0.15, 0.2) is 37.2 Å². The first kappa shape index (κ1) is 8.48. The Balaban J connectivity index is 2.74. The van der Waals surface area contributed by atoms with Gasteiger partial charge in [0.05, 0.1) is 0 Å². The van der Waals surface area contributed by atoms with Crippen molar-refractivity contribution in [1.82, 2.24) is 0 Å². The van der Waals surface area contributed by atoms with Crippen molar-refractivity contribution >= 4 is 0 Å². The van der Waals surface area contributed by atoms with Crippen molar-refractivity contribution in [2.75, 3.05) is 0 Å². The Hall–Kier alpha value is -1.62. The minimum atomic E-state index is 0.950. The Morgan fingerprint density at radius 3 is 3.17 bits per heavy atom. The molecule has 0 N–H and O–H groups in total. The molecule has 60 valence electrons. The molecule has 12 heavy (non-hydrogen) atoms. The summed E-state index contributed by atoms with van der Waals surface area (Å²) >= 11 is 0. The van der Waals surface area contributed by atoms with Crippen LogP contribution in [-0.4, -0.2) is 0 Å². The van der Waals surface area contributed by atoms with E-state index in [1.165, 1.54) is 10.1 Å². The average Bonchev–Trinajstić information content (AvgIpc) is 2.15. The van der Waals surface area contributed by atoms with Gasteiger partial charge in [-0.05, 0) is 24.5 Å². The molecule has 0 spiro atoms. The summed E-state index contributed by atoms with van der Waals surface area (Å²) in [5, 5.41) is 8.58. The number of aryl methyl sites for hydroxylation is 1. The number of nitrogens with zero attached hydrogens (tertiary/aromatic N) is 2. The number of hydrogen-bond donors (Lipinski definition) is 0. The molecule has 0 atom stereocenters. The second kappa shape index (κ2) is 4.30. The van der Waals surface area contributed by atoms with E-state index in [9.17, 15) is 0 Å². The van der Waals surface area contributed by atoms with E-state index >= 15 is 0 Å². The summed E-state index contributed by atoms with van der Waals surface area (Å²) in [5.74, 6) is 0. The molecule has 0 aliphatic rings. The standard InChI is InChI=1S/C10H11N2/c1-2-3-5-10-6-4-7-12(8-10)9-11/h2,4,6-8H,1,3,5H2/q+1. The molecule has 0 amide bonds. The van der Waals surface area contributed by atoms with Crippen LogP contribution < -0.4 is 4.57 Å². The fourth-order valence-corrected chi connectivity index (χ4v) is 1.00. The predicted molar refractivity (Wildman–Crippen MR) is 46.2 cm³/mol. The molecule has 2 heteroatoms. The van der Waals surface area contributed by atoms with Gasteiger partial charge in [-0.25, -0.2) is 0 Å². The number of rotatable bonds is 3. The van der Waals surface area contributed by atoms with E-state index in [2.05, 4.69) is 6.58 Å². The van der Waals surface area contributed by atoms with Crippen LogP contribution in [0.4, 0.5) is 0 Å². The number of aromatic nitrogens is 1. The van der Waals surface area contributed by atoms with Crippen LogP contribution in [0.2, 0.25) is 0 Å². The molecular formula is C10H11N2+. The maximum Gasteiger partial charge on any atom is 0.463 e. The van der Waals surface area contributed by atoms with Gasteiger partial charge in [-0.3, -0.25) is 0 Å². The van der Waals surface area contributed by atoms with Crippen LogP contribution in [-0.2, 0) is 6.42 Å². The van der Waals surface area contributed by atoms with Crippen molar-refractivity contribution in [1.29, 1.82) is 5.26 Å². The molecule has 1 aromatic rings. The normalized spacial score (nSPS) is 8.92. The van der Waals surface area contributed by atoms with E-state index in [1.54, 1.807) is 6.20 Å². The lowest BCUT2D eigenvalue weighted by atomic mass is 10.1. The highest BCUT2D eigenvalue weighted by molar-refractivity contribution is 5.06. The lowest BCUT2D eigenvalue weighted by Crippen LogP contribution is -2.26. The molecule has 0 saturated heterocycles. The number of nitriles is 1. The zero-order chi connectivity index (χ0) is 8.81. The summed E-state index contributed by atoms with van der Waals surface area (Å²) in [4.78, 5) is 0. The van der Waals surface area contributed by atoms with E-state index in [1.807, 2.05) is 30.6 Å². The van der Waals surface area contributed by atoms with Gasteiger partial charge in [0, 0.05) is 0 Å². The van der Waals surface area contributed by atoms with Gasteiger partial charge >= 0.3 is 6.19 Å². The third-order valence-electron chi connectivity index (χ3n) is 1.61. The molecule has 0 aliphatic carbocycles. The minimum absolute atomic E-state index is 0.950. The van der Waals surface area contributed by atoms with E-state index < -0.39 is 0 Å². The Morgan fingerprint density at radius 1 is 1.67 bits per heavy atom. The van der Waals surface area contributed by atoms with Gasteiger partial charge in [-0.1, -0.05) is 12.1 Å². The van der Waals surface area contributed by atoms with Crippen molar-refractivity contribution < 1.29 is 4.57 Å². The van der Waals surface area contributed by atoms with Gasteiger partial charge in [0.1, 0.15) is 12.4 Å². The fourth-order valence-electron chi connectivity index (χ4n) is 1.00. The molecule has 0 bridgehead atoms. The highest BCUT2D eigenvalue weighted by Gasteiger charge is 1.96. The third-order valence-corrected chi connectivity index (χ3v) is 1.61. The fraction of sp³-hybridized carbons (Fsp3) is 0.200.